The first kappa shape index (κ1) is 29.8. The molecule has 0 aromatic heterocycles. The van der Waals surface area contributed by atoms with Gasteiger partial charge in [0.2, 0.25) is 5.41 Å². The molecular formula is C18H17F13N2O. The number of nitrogens with zero attached hydrogens (tertiary/aromatic N) is 1. The lowest BCUT2D eigenvalue weighted by Gasteiger charge is -2.45. The summed E-state index contributed by atoms with van der Waals surface area (Å²) in [6, 6.07) is 1.85. The van der Waals surface area contributed by atoms with Crippen LogP contribution >= 0.6 is 0 Å². The van der Waals surface area contributed by atoms with Gasteiger partial charge in [-0.2, -0.15) is 57.1 Å². The Bertz CT molecular complexity index is 825. The third-order valence-electron chi connectivity index (χ3n) is 4.78. The lowest BCUT2D eigenvalue weighted by molar-refractivity contribution is -0.460. The monoisotopic (exact) mass is 524 g/mol. The van der Waals surface area contributed by atoms with E-state index in [4.69, 9.17) is 0 Å². The van der Waals surface area contributed by atoms with Gasteiger partial charge in [0.1, 0.15) is 0 Å². The number of hydrogen-bond donors (Lipinski definition) is 1. The molecule has 1 amide bonds. The highest BCUT2D eigenvalue weighted by Gasteiger charge is 2.91. The molecule has 0 aliphatic heterocycles. The number of hydrogen-bond acceptors (Lipinski definition) is 2. The van der Waals surface area contributed by atoms with Crippen molar-refractivity contribution in [3.63, 3.8) is 0 Å². The van der Waals surface area contributed by atoms with Crippen LogP contribution in [0.25, 0.3) is 0 Å². The molecule has 0 heterocycles. The third-order valence-corrected chi connectivity index (χ3v) is 4.78. The maximum absolute atomic E-state index is 14.1. The Morgan fingerprint density at radius 3 is 1.53 bits per heavy atom. The normalized spacial score (nSPS) is 14.5. The highest BCUT2D eigenvalue weighted by molar-refractivity contribution is 5.94. The predicted octanol–water partition coefficient (Wildman–Crippen LogP) is 5.46. The van der Waals surface area contributed by atoms with Gasteiger partial charge in [-0.05, 0) is 31.8 Å². The van der Waals surface area contributed by atoms with Crippen molar-refractivity contribution >= 4 is 5.91 Å². The fraction of sp³-hybridized carbons (Fsp3) is 0.611. The SMILES string of the molecule is CN(C)CCNC(=O)c1ccc(CC(C(F)(F)F)(C(F)(F)F)C(F)(F)C(F)(F)C(F)(F)F)cc1. The van der Waals surface area contributed by atoms with Gasteiger partial charge in [-0.1, -0.05) is 12.1 Å². The fourth-order valence-electron chi connectivity index (χ4n) is 2.85. The topological polar surface area (TPSA) is 32.3 Å². The second kappa shape index (κ2) is 9.41. The molecule has 0 saturated carbocycles. The van der Waals surface area contributed by atoms with Crippen molar-refractivity contribution in [3.8, 4) is 0 Å². The van der Waals surface area contributed by atoms with Crippen LogP contribution in [0.2, 0.25) is 0 Å². The molecule has 196 valence electrons. The Kier molecular flexibility index (Phi) is 8.24. The molecule has 0 bridgehead atoms. The zero-order chi connectivity index (χ0) is 27.0. The maximum Gasteiger partial charge on any atom is 0.459 e. The summed E-state index contributed by atoms with van der Waals surface area (Å²) in [5.74, 6) is -16.3. The molecule has 16 heteroatoms. The number of benzene rings is 1. The minimum Gasteiger partial charge on any atom is -0.351 e. The van der Waals surface area contributed by atoms with Gasteiger partial charge in [0, 0.05) is 25.1 Å². The van der Waals surface area contributed by atoms with E-state index in [1.54, 1.807) is 19.0 Å². The van der Waals surface area contributed by atoms with Crippen LogP contribution in [-0.2, 0) is 6.42 Å². The molecule has 1 aromatic rings. The van der Waals surface area contributed by atoms with E-state index in [1.165, 1.54) is 0 Å². The van der Waals surface area contributed by atoms with E-state index in [1.807, 2.05) is 0 Å². The molecule has 3 nitrogen and oxygen atoms in total. The zero-order valence-corrected chi connectivity index (χ0v) is 17.2. The summed E-state index contributed by atoms with van der Waals surface area (Å²) in [6.07, 6.45) is -25.1. The van der Waals surface area contributed by atoms with Gasteiger partial charge in [-0.25, -0.2) is 0 Å². The van der Waals surface area contributed by atoms with Crippen LogP contribution in [0.3, 0.4) is 0 Å². The van der Waals surface area contributed by atoms with Crippen molar-refractivity contribution in [1.82, 2.24) is 10.2 Å². The number of nitrogens with one attached hydrogen (secondary N) is 1. The van der Waals surface area contributed by atoms with Crippen LogP contribution in [-0.4, -0.2) is 68.4 Å². The molecule has 0 unspecified atom stereocenters. The van der Waals surface area contributed by atoms with Crippen molar-refractivity contribution in [2.45, 2.75) is 36.8 Å². The quantitative estimate of drug-likeness (QED) is 0.458. The first-order valence-corrected chi connectivity index (χ1v) is 9.00. The summed E-state index contributed by atoms with van der Waals surface area (Å²) in [6.45, 7) is 0.406. The van der Waals surface area contributed by atoms with E-state index < -0.39 is 53.7 Å². The first-order valence-electron chi connectivity index (χ1n) is 9.00. The van der Waals surface area contributed by atoms with E-state index in [9.17, 15) is 61.9 Å². The van der Waals surface area contributed by atoms with E-state index >= 15 is 0 Å². The average Bonchev–Trinajstić information content (AvgIpc) is 2.62. The number of amides is 1. The van der Waals surface area contributed by atoms with Crippen LogP contribution in [0.15, 0.2) is 24.3 Å². The summed E-state index contributed by atoms with van der Waals surface area (Å²) >= 11 is 0. The number of alkyl halides is 13. The van der Waals surface area contributed by atoms with Crippen LogP contribution in [0.1, 0.15) is 15.9 Å². The lowest BCUT2D eigenvalue weighted by Crippen LogP contribution is -2.71. The molecule has 1 rings (SSSR count). The maximum atomic E-state index is 14.1. The van der Waals surface area contributed by atoms with E-state index in [0.717, 1.165) is 0 Å². The van der Waals surface area contributed by atoms with Gasteiger partial charge in [0.15, 0.2) is 0 Å². The molecular weight excluding hydrogens is 507 g/mol. The molecule has 0 aliphatic carbocycles. The van der Waals surface area contributed by atoms with Crippen molar-refractivity contribution in [3.05, 3.63) is 35.4 Å². The minimum atomic E-state index is -7.70. The van der Waals surface area contributed by atoms with Gasteiger partial charge < -0.3 is 10.2 Å². The Morgan fingerprint density at radius 2 is 1.18 bits per heavy atom. The van der Waals surface area contributed by atoms with Gasteiger partial charge in [0.25, 0.3) is 5.91 Å². The van der Waals surface area contributed by atoms with Crippen molar-refractivity contribution in [2.75, 3.05) is 27.2 Å². The number of carbonyl (C=O) groups is 1. The standard InChI is InChI=1S/C18H17F13N2O/c1-33(2)8-7-32-12(34)11-5-3-10(4-6-11)9-13(16(23,24)25,17(26,27)28)14(19,20)15(21,22)18(29,30)31/h3-6H,7-9H2,1-2H3,(H,32,34). The Labute approximate surface area is 183 Å². The number of likely N-dealkylation sites (N-methyl/N-ethyl adjacent to an activating group) is 1. The van der Waals surface area contributed by atoms with E-state index in [0.29, 0.717) is 30.8 Å². The molecule has 0 aliphatic rings. The van der Waals surface area contributed by atoms with Crippen LogP contribution in [0, 0.1) is 5.41 Å². The van der Waals surface area contributed by atoms with Gasteiger partial charge in [-0.15, -0.1) is 0 Å². The van der Waals surface area contributed by atoms with Gasteiger partial charge in [-0.3, -0.25) is 4.79 Å². The number of carbonyl (C=O) groups excluding carboxylic acids is 1. The summed E-state index contributed by atoms with van der Waals surface area (Å²) in [7, 11) is 3.29. The second-order valence-corrected chi connectivity index (χ2v) is 7.48. The van der Waals surface area contributed by atoms with Crippen molar-refractivity contribution in [1.29, 1.82) is 0 Å². The summed E-state index contributed by atoms with van der Waals surface area (Å²) in [5.41, 5.74) is -8.49. The molecule has 0 fully saturated rings. The average molecular weight is 524 g/mol. The molecule has 1 aromatic carbocycles. The zero-order valence-electron chi connectivity index (χ0n) is 17.2. The number of rotatable bonds is 8. The van der Waals surface area contributed by atoms with Gasteiger partial charge in [0.05, 0.1) is 0 Å². The first-order chi connectivity index (χ1) is 15.0. The van der Waals surface area contributed by atoms with E-state index in [-0.39, 0.29) is 12.1 Å². The molecule has 1 N–H and O–H groups in total. The fourth-order valence-corrected chi connectivity index (χ4v) is 2.85. The number of halogens is 13. The largest absolute Gasteiger partial charge is 0.459 e. The highest BCUT2D eigenvalue weighted by Crippen LogP contribution is 2.66. The predicted molar refractivity (Wildman–Crippen MR) is 91.5 cm³/mol. The molecule has 0 spiro atoms. The molecule has 0 atom stereocenters. The Hall–Kier alpha value is -2.26. The van der Waals surface area contributed by atoms with E-state index in [2.05, 4.69) is 5.32 Å². The summed E-state index contributed by atoms with van der Waals surface area (Å²) in [4.78, 5) is 13.6. The third kappa shape index (κ3) is 5.35. The Balaban J connectivity index is 3.53. The van der Waals surface area contributed by atoms with Crippen LogP contribution < -0.4 is 5.32 Å². The smallest absolute Gasteiger partial charge is 0.351 e. The van der Waals surface area contributed by atoms with Crippen molar-refractivity contribution < 1.29 is 61.9 Å². The summed E-state index contributed by atoms with van der Waals surface area (Å²) < 4.78 is 173. The van der Waals surface area contributed by atoms with Gasteiger partial charge >= 0.3 is 30.4 Å². The minimum absolute atomic E-state index is 0.0671. The second-order valence-electron chi connectivity index (χ2n) is 7.48. The lowest BCUT2D eigenvalue weighted by atomic mass is 9.71. The Morgan fingerprint density at radius 1 is 0.735 bits per heavy atom. The van der Waals surface area contributed by atoms with Crippen molar-refractivity contribution in [2.24, 2.45) is 5.41 Å². The molecule has 34 heavy (non-hydrogen) atoms. The molecule has 0 saturated heterocycles. The van der Waals surface area contributed by atoms with Crippen LogP contribution in [0.5, 0.6) is 0 Å². The van der Waals surface area contributed by atoms with Crippen LogP contribution in [0.4, 0.5) is 57.1 Å². The molecule has 0 radical (unpaired) electrons. The highest BCUT2D eigenvalue weighted by atomic mass is 19.4. The summed E-state index contributed by atoms with van der Waals surface area (Å²) in [5, 5.41) is 2.32.